The molecule has 1 aliphatic heterocycles. The summed E-state index contributed by atoms with van der Waals surface area (Å²) in [6.45, 7) is 2.93. The molecule has 2 fully saturated rings. The molecule has 8 nitrogen and oxygen atoms in total. The van der Waals surface area contributed by atoms with Crippen LogP contribution in [-0.2, 0) is 14.8 Å². The molecule has 10 heteroatoms. The quantitative estimate of drug-likeness (QED) is 0.472. The summed E-state index contributed by atoms with van der Waals surface area (Å²) in [5, 5.41) is 7.68. The summed E-state index contributed by atoms with van der Waals surface area (Å²) in [5.74, 6) is 1.17. The summed E-state index contributed by atoms with van der Waals surface area (Å²) < 4.78 is 28.8. The smallest absolute Gasteiger partial charge is 0.243 e. The first-order chi connectivity index (χ1) is 16.4. The van der Waals surface area contributed by atoms with Gasteiger partial charge in [-0.1, -0.05) is 30.0 Å². The summed E-state index contributed by atoms with van der Waals surface area (Å²) in [6, 6.07) is 16.3. The first kappa shape index (κ1) is 23.1. The number of aromatic nitrogens is 3. The van der Waals surface area contributed by atoms with Crippen molar-refractivity contribution in [2.24, 2.45) is 0 Å². The number of carbonyl (C=O) groups excluding carboxylic acids is 1. The molecule has 2 aromatic carbocycles. The third-order valence-corrected chi connectivity index (χ3v) is 8.90. The van der Waals surface area contributed by atoms with Crippen LogP contribution in [-0.4, -0.2) is 51.7 Å². The maximum atomic E-state index is 12.8. The molecule has 178 valence electrons. The lowest BCUT2D eigenvalue weighted by Crippen LogP contribution is -2.27. The van der Waals surface area contributed by atoms with Crippen LogP contribution in [0.3, 0.4) is 0 Å². The van der Waals surface area contributed by atoms with Crippen LogP contribution < -0.4 is 5.32 Å². The van der Waals surface area contributed by atoms with Crippen molar-refractivity contribution in [1.82, 2.24) is 19.1 Å². The van der Waals surface area contributed by atoms with Crippen molar-refractivity contribution in [2.45, 2.75) is 53.8 Å². The highest BCUT2D eigenvalue weighted by Gasteiger charge is 2.31. The predicted molar refractivity (Wildman–Crippen MR) is 132 cm³/mol. The van der Waals surface area contributed by atoms with Gasteiger partial charge in [0.1, 0.15) is 5.82 Å². The van der Waals surface area contributed by atoms with Gasteiger partial charge in [0.2, 0.25) is 21.1 Å². The lowest BCUT2D eigenvalue weighted by molar-refractivity contribution is -0.115. The van der Waals surface area contributed by atoms with Gasteiger partial charge in [-0.05, 0) is 69.0 Å². The van der Waals surface area contributed by atoms with E-state index in [9.17, 15) is 13.2 Å². The minimum Gasteiger partial charge on any atom is -0.325 e. The number of hydrogen-bond donors (Lipinski definition) is 1. The molecule has 1 aliphatic carbocycles. The highest BCUT2D eigenvalue weighted by molar-refractivity contribution is 8.00. The Hall–Kier alpha value is -2.69. The second-order valence-corrected chi connectivity index (χ2v) is 11.9. The number of amides is 1. The van der Waals surface area contributed by atoms with E-state index < -0.39 is 15.3 Å². The van der Waals surface area contributed by atoms with Gasteiger partial charge in [-0.25, -0.2) is 18.1 Å². The van der Waals surface area contributed by atoms with Crippen LogP contribution >= 0.6 is 11.8 Å². The Labute approximate surface area is 203 Å². The van der Waals surface area contributed by atoms with E-state index in [1.165, 1.54) is 16.1 Å². The zero-order valence-corrected chi connectivity index (χ0v) is 20.6. The minimum absolute atomic E-state index is 0.191. The number of anilines is 1. The van der Waals surface area contributed by atoms with Crippen molar-refractivity contribution in [3.8, 4) is 5.69 Å². The molecule has 1 saturated heterocycles. The third kappa shape index (κ3) is 4.89. The van der Waals surface area contributed by atoms with Crippen molar-refractivity contribution >= 4 is 33.4 Å². The molecule has 0 unspecified atom stereocenters. The number of nitrogens with one attached hydrogen (secondary N) is 1. The van der Waals surface area contributed by atoms with Crippen molar-refractivity contribution in [3.05, 3.63) is 60.4 Å². The average Bonchev–Trinajstić information content (AvgIpc) is 3.35. The van der Waals surface area contributed by atoms with Crippen molar-refractivity contribution in [1.29, 1.82) is 0 Å². The molecule has 0 spiro atoms. The van der Waals surface area contributed by atoms with Crippen LogP contribution in [0.25, 0.3) is 5.69 Å². The number of thioether (sulfide) groups is 1. The molecule has 5 rings (SSSR count). The van der Waals surface area contributed by atoms with Crippen LogP contribution in [0, 0.1) is 0 Å². The highest BCUT2D eigenvalue weighted by Crippen LogP contribution is 2.40. The van der Waals surface area contributed by atoms with E-state index in [0.717, 1.165) is 37.2 Å². The molecule has 1 aromatic heterocycles. The first-order valence-electron chi connectivity index (χ1n) is 11.5. The maximum Gasteiger partial charge on any atom is 0.243 e. The SMILES string of the molecule is C[C@@H](Sc1nc(C2CC2)n(-c2ccccc2)n1)C(=O)Nc1ccc(S(=O)(=O)N2CCCC2)cc1. The van der Waals surface area contributed by atoms with Crippen LogP contribution in [0.4, 0.5) is 5.69 Å². The molecule has 1 atom stereocenters. The molecule has 1 amide bonds. The zero-order valence-electron chi connectivity index (χ0n) is 18.9. The van der Waals surface area contributed by atoms with Crippen LogP contribution in [0.1, 0.15) is 44.3 Å². The Morgan fingerprint density at radius 3 is 2.38 bits per heavy atom. The van der Waals surface area contributed by atoms with E-state index in [4.69, 9.17) is 4.98 Å². The fourth-order valence-electron chi connectivity index (χ4n) is 3.96. The number of benzene rings is 2. The second kappa shape index (κ2) is 9.52. The molecule has 2 heterocycles. The molecule has 1 saturated carbocycles. The molecular weight excluding hydrogens is 470 g/mol. The molecular formula is C24H27N5O3S2. The Morgan fingerprint density at radius 2 is 1.74 bits per heavy atom. The average molecular weight is 498 g/mol. The van der Waals surface area contributed by atoms with Crippen molar-refractivity contribution in [2.75, 3.05) is 18.4 Å². The number of rotatable bonds is 8. The Kier molecular flexibility index (Phi) is 6.46. The normalized spacial score (nSPS) is 17.6. The van der Waals surface area contributed by atoms with Crippen LogP contribution in [0.2, 0.25) is 0 Å². The van der Waals surface area contributed by atoms with Crippen molar-refractivity contribution in [3.63, 3.8) is 0 Å². The molecule has 2 aliphatic rings. The fraction of sp³-hybridized carbons (Fsp3) is 0.375. The summed E-state index contributed by atoms with van der Waals surface area (Å²) in [4.78, 5) is 17.8. The van der Waals surface area contributed by atoms with Gasteiger partial charge in [0.15, 0.2) is 0 Å². The van der Waals surface area contributed by atoms with Gasteiger partial charge in [0, 0.05) is 24.7 Å². The highest BCUT2D eigenvalue weighted by atomic mass is 32.2. The standard InChI is InChI=1S/C24H27N5O3S2/c1-17(33-24-26-22(18-9-10-18)29(27-24)20-7-3-2-4-8-20)23(30)25-19-11-13-21(14-12-19)34(31,32)28-15-5-6-16-28/h2-4,7-8,11-14,17-18H,5-6,9-10,15-16H2,1H3,(H,25,30)/t17-/m1/s1. The molecule has 3 aromatic rings. The van der Waals surface area contributed by atoms with E-state index in [0.29, 0.717) is 29.9 Å². The molecule has 0 bridgehead atoms. The van der Waals surface area contributed by atoms with Gasteiger partial charge >= 0.3 is 0 Å². The van der Waals surface area contributed by atoms with Gasteiger partial charge < -0.3 is 5.32 Å². The summed E-state index contributed by atoms with van der Waals surface area (Å²) in [5.41, 5.74) is 1.52. The summed E-state index contributed by atoms with van der Waals surface area (Å²) in [6.07, 6.45) is 4.00. The first-order valence-corrected chi connectivity index (χ1v) is 13.8. The Bertz CT molecular complexity index is 1270. The second-order valence-electron chi connectivity index (χ2n) is 8.66. The van der Waals surface area contributed by atoms with E-state index in [1.54, 1.807) is 24.3 Å². The van der Waals surface area contributed by atoms with E-state index in [-0.39, 0.29) is 10.8 Å². The number of nitrogens with zero attached hydrogens (tertiary/aromatic N) is 4. The van der Waals surface area contributed by atoms with E-state index >= 15 is 0 Å². The van der Waals surface area contributed by atoms with Crippen LogP contribution in [0.5, 0.6) is 0 Å². The van der Waals surface area contributed by atoms with Gasteiger partial charge in [0.05, 0.1) is 15.8 Å². The molecule has 0 radical (unpaired) electrons. The van der Waals surface area contributed by atoms with Gasteiger partial charge in [-0.3, -0.25) is 4.79 Å². The summed E-state index contributed by atoms with van der Waals surface area (Å²) in [7, 11) is -3.47. The Morgan fingerprint density at radius 1 is 1.06 bits per heavy atom. The minimum atomic E-state index is -3.47. The fourth-order valence-corrected chi connectivity index (χ4v) is 6.24. The van der Waals surface area contributed by atoms with Gasteiger partial charge in [0.25, 0.3) is 0 Å². The van der Waals surface area contributed by atoms with E-state index in [2.05, 4.69) is 10.4 Å². The van der Waals surface area contributed by atoms with Gasteiger partial charge in [-0.2, -0.15) is 4.31 Å². The predicted octanol–water partition coefficient (Wildman–Crippen LogP) is 4.05. The Balaban J connectivity index is 1.25. The lowest BCUT2D eigenvalue weighted by atomic mass is 10.3. The summed E-state index contributed by atoms with van der Waals surface area (Å²) >= 11 is 1.31. The topological polar surface area (TPSA) is 97.2 Å². The number of sulfonamides is 1. The maximum absolute atomic E-state index is 12.8. The zero-order chi connectivity index (χ0) is 23.7. The number of para-hydroxylation sites is 1. The van der Waals surface area contributed by atoms with Crippen molar-refractivity contribution < 1.29 is 13.2 Å². The molecule has 34 heavy (non-hydrogen) atoms. The van der Waals surface area contributed by atoms with E-state index in [1.807, 2.05) is 41.9 Å². The lowest BCUT2D eigenvalue weighted by Gasteiger charge is -2.16. The van der Waals surface area contributed by atoms with Gasteiger partial charge in [-0.15, -0.1) is 5.10 Å². The number of carbonyl (C=O) groups is 1. The largest absolute Gasteiger partial charge is 0.325 e. The van der Waals surface area contributed by atoms with Crippen LogP contribution in [0.15, 0.2) is 64.6 Å². The monoisotopic (exact) mass is 497 g/mol. The number of hydrogen-bond acceptors (Lipinski definition) is 6. The third-order valence-electron chi connectivity index (χ3n) is 6.03. The molecule has 1 N–H and O–H groups in total.